The van der Waals surface area contributed by atoms with Gasteiger partial charge in [-0.15, -0.1) is 0 Å². The number of imidazole rings is 1. The van der Waals surface area contributed by atoms with Crippen LogP contribution in [-0.2, 0) is 6.42 Å². The minimum Gasteiger partial charge on any atom is -0.496 e. The summed E-state index contributed by atoms with van der Waals surface area (Å²) in [4.78, 5) is 20.1. The molecule has 0 spiro atoms. The van der Waals surface area contributed by atoms with Crippen molar-refractivity contribution in [3.63, 3.8) is 0 Å². The number of nitrogens with one attached hydrogen (secondary N) is 1. The van der Waals surface area contributed by atoms with Crippen LogP contribution in [-0.4, -0.2) is 40.1 Å². The van der Waals surface area contributed by atoms with Crippen molar-refractivity contribution in [2.45, 2.75) is 46.0 Å². The molecule has 1 aliphatic carbocycles. The minimum atomic E-state index is 0.434. The summed E-state index contributed by atoms with van der Waals surface area (Å²) in [7, 11) is 1.72. The monoisotopic (exact) mass is 415 g/mol. The van der Waals surface area contributed by atoms with E-state index in [9.17, 15) is 0 Å². The maximum absolute atomic E-state index is 5.50. The summed E-state index contributed by atoms with van der Waals surface area (Å²) in [5.41, 5.74) is 8.08. The van der Waals surface area contributed by atoms with E-state index in [1.54, 1.807) is 13.4 Å². The quantitative estimate of drug-likeness (QED) is 0.661. The number of aromatic amines is 1. The zero-order chi connectivity index (χ0) is 21.5. The van der Waals surface area contributed by atoms with Gasteiger partial charge >= 0.3 is 0 Å². The van der Waals surface area contributed by atoms with Crippen LogP contribution in [0.5, 0.6) is 5.75 Å². The van der Waals surface area contributed by atoms with E-state index < -0.39 is 0 Å². The highest BCUT2D eigenvalue weighted by Gasteiger charge is 2.27. The topological polar surface area (TPSA) is 66.9 Å². The first-order valence-corrected chi connectivity index (χ1v) is 11.0. The van der Waals surface area contributed by atoms with E-state index in [2.05, 4.69) is 64.9 Å². The molecule has 1 aliphatic heterocycles. The third-order valence-electron chi connectivity index (χ3n) is 6.55. The fourth-order valence-corrected chi connectivity index (χ4v) is 4.81. The van der Waals surface area contributed by atoms with Crippen LogP contribution < -0.4 is 9.64 Å². The summed E-state index contributed by atoms with van der Waals surface area (Å²) >= 11 is 0. The Morgan fingerprint density at radius 2 is 1.90 bits per heavy atom. The van der Waals surface area contributed by atoms with Crippen LogP contribution in [0.3, 0.4) is 0 Å². The average Bonchev–Trinajstić information content (AvgIpc) is 3.36. The lowest BCUT2D eigenvalue weighted by atomic mass is 9.96. The number of aryl methyl sites for hydroxylation is 2. The van der Waals surface area contributed by atoms with E-state index in [1.165, 1.54) is 11.1 Å². The van der Waals surface area contributed by atoms with Crippen molar-refractivity contribution in [1.82, 2.24) is 19.9 Å². The predicted molar refractivity (Wildman–Crippen MR) is 124 cm³/mol. The summed E-state index contributed by atoms with van der Waals surface area (Å²) in [6, 6.07) is 6.30. The Labute approximate surface area is 183 Å². The second kappa shape index (κ2) is 7.84. The Hall–Kier alpha value is -3.15. The van der Waals surface area contributed by atoms with Crippen molar-refractivity contribution < 1.29 is 4.74 Å². The van der Waals surface area contributed by atoms with E-state index in [1.807, 2.05) is 0 Å². The molecule has 0 saturated carbocycles. The number of rotatable bonds is 4. The van der Waals surface area contributed by atoms with Gasteiger partial charge in [0.05, 0.1) is 18.5 Å². The SMILES string of the molecule is COc1cc(-c2nc(C3CCN(c4ncnc5c4C=C(C)C5)CC3)[nH]c2C)ccc1C. The second-order valence-corrected chi connectivity index (χ2v) is 8.77. The van der Waals surface area contributed by atoms with Gasteiger partial charge in [0.1, 0.15) is 23.7 Å². The fourth-order valence-electron chi connectivity index (χ4n) is 4.81. The van der Waals surface area contributed by atoms with Gasteiger partial charge in [0.2, 0.25) is 0 Å². The molecular formula is C25H29N5O. The molecule has 1 aromatic carbocycles. The molecule has 1 saturated heterocycles. The van der Waals surface area contributed by atoms with Crippen LogP contribution in [0, 0.1) is 13.8 Å². The van der Waals surface area contributed by atoms with Gasteiger partial charge in [0.25, 0.3) is 0 Å². The Bertz CT molecular complexity index is 1150. The zero-order valence-corrected chi connectivity index (χ0v) is 18.7. The van der Waals surface area contributed by atoms with E-state index in [0.717, 1.165) is 78.0 Å². The standard InChI is InChI=1S/C25H29N5O/c1-15-11-20-21(12-15)26-14-27-25(20)30-9-7-18(8-10-30)24-28-17(3)23(29-24)19-6-5-16(2)22(13-19)31-4/h5-6,11,13-14,18H,7-10,12H2,1-4H3,(H,28,29). The average molecular weight is 416 g/mol. The number of anilines is 1. The molecule has 0 amide bonds. The molecule has 6 heteroatoms. The number of piperidine rings is 1. The molecule has 0 bridgehead atoms. The number of ether oxygens (including phenoxy) is 1. The fraction of sp³-hybridized carbons (Fsp3) is 0.400. The summed E-state index contributed by atoms with van der Waals surface area (Å²) < 4.78 is 5.50. The molecule has 31 heavy (non-hydrogen) atoms. The number of allylic oxidation sites excluding steroid dienone is 1. The first-order valence-electron chi connectivity index (χ1n) is 11.0. The number of nitrogens with zero attached hydrogens (tertiary/aromatic N) is 4. The van der Waals surface area contributed by atoms with Gasteiger partial charge in [-0.25, -0.2) is 15.0 Å². The Kier molecular flexibility index (Phi) is 5.00. The van der Waals surface area contributed by atoms with Crippen LogP contribution in [0.4, 0.5) is 5.82 Å². The highest BCUT2D eigenvalue weighted by Crippen LogP contribution is 2.35. The summed E-state index contributed by atoms with van der Waals surface area (Å²) in [6.07, 6.45) is 7.02. The number of benzene rings is 1. The maximum Gasteiger partial charge on any atom is 0.139 e. The van der Waals surface area contributed by atoms with Crippen LogP contribution in [0.25, 0.3) is 17.3 Å². The molecule has 160 valence electrons. The lowest BCUT2D eigenvalue weighted by Gasteiger charge is -2.32. The molecule has 3 aromatic rings. The van der Waals surface area contributed by atoms with Crippen molar-refractivity contribution in [1.29, 1.82) is 0 Å². The molecule has 3 heterocycles. The number of fused-ring (bicyclic) bond motifs is 1. The molecule has 0 atom stereocenters. The smallest absolute Gasteiger partial charge is 0.139 e. The molecular weight excluding hydrogens is 386 g/mol. The lowest BCUT2D eigenvalue weighted by molar-refractivity contribution is 0.412. The van der Waals surface area contributed by atoms with Crippen LogP contribution in [0.2, 0.25) is 0 Å². The number of hydrogen-bond acceptors (Lipinski definition) is 5. The van der Waals surface area contributed by atoms with Crippen molar-refractivity contribution >= 4 is 11.9 Å². The number of methoxy groups -OCH3 is 1. The first kappa shape index (κ1) is 19.8. The maximum atomic E-state index is 5.50. The Morgan fingerprint density at radius 3 is 2.68 bits per heavy atom. The van der Waals surface area contributed by atoms with Gasteiger partial charge in [-0.05, 0) is 45.2 Å². The third-order valence-corrected chi connectivity index (χ3v) is 6.55. The Morgan fingerprint density at radius 1 is 1.10 bits per heavy atom. The predicted octanol–water partition coefficient (Wildman–Crippen LogP) is 4.84. The second-order valence-electron chi connectivity index (χ2n) is 8.77. The number of hydrogen-bond donors (Lipinski definition) is 1. The highest BCUT2D eigenvalue weighted by atomic mass is 16.5. The molecule has 2 aromatic heterocycles. The van der Waals surface area contributed by atoms with Gasteiger partial charge in [-0.1, -0.05) is 23.8 Å². The van der Waals surface area contributed by atoms with Gasteiger partial charge in [0, 0.05) is 42.2 Å². The van der Waals surface area contributed by atoms with E-state index in [-0.39, 0.29) is 0 Å². The third kappa shape index (κ3) is 3.60. The van der Waals surface area contributed by atoms with Gasteiger partial charge in [-0.3, -0.25) is 0 Å². The molecule has 0 radical (unpaired) electrons. The van der Waals surface area contributed by atoms with Gasteiger partial charge < -0.3 is 14.6 Å². The van der Waals surface area contributed by atoms with E-state index in [0.29, 0.717) is 5.92 Å². The van der Waals surface area contributed by atoms with Crippen molar-refractivity contribution in [3.8, 4) is 17.0 Å². The van der Waals surface area contributed by atoms with Gasteiger partial charge in [-0.2, -0.15) is 0 Å². The van der Waals surface area contributed by atoms with Crippen molar-refractivity contribution in [2.24, 2.45) is 0 Å². The number of H-pyrrole nitrogens is 1. The van der Waals surface area contributed by atoms with E-state index in [4.69, 9.17) is 9.72 Å². The van der Waals surface area contributed by atoms with Gasteiger partial charge in [0.15, 0.2) is 0 Å². The number of aromatic nitrogens is 4. The Balaban J connectivity index is 1.33. The molecule has 5 rings (SSSR count). The summed E-state index contributed by atoms with van der Waals surface area (Å²) in [5, 5.41) is 0. The largest absolute Gasteiger partial charge is 0.496 e. The van der Waals surface area contributed by atoms with Crippen LogP contribution in [0.15, 0.2) is 30.1 Å². The van der Waals surface area contributed by atoms with Crippen LogP contribution >= 0.6 is 0 Å². The molecule has 2 aliphatic rings. The van der Waals surface area contributed by atoms with Crippen molar-refractivity contribution in [2.75, 3.05) is 25.1 Å². The van der Waals surface area contributed by atoms with Crippen molar-refractivity contribution in [3.05, 3.63) is 58.4 Å². The molecule has 1 N–H and O–H groups in total. The van der Waals surface area contributed by atoms with Crippen LogP contribution in [0.1, 0.15) is 54.0 Å². The van der Waals surface area contributed by atoms with E-state index >= 15 is 0 Å². The summed E-state index contributed by atoms with van der Waals surface area (Å²) in [5.74, 6) is 3.51. The molecule has 6 nitrogen and oxygen atoms in total. The lowest BCUT2D eigenvalue weighted by Crippen LogP contribution is -2.34. The minimum absolute atomic E-state index is 0.434. The first-order chi connectivity index (χ1) is 15.0. The highest BCUT2D eigenvalue weighted by molar-refractivity contribution is 5.72. The normalized spacial score (nSPS) is 16.4. The zero-order valence-electron chi connectivity index (χ0n) is 18.7. The molecule has 0 unspecified atom stereocenters. The molecule has 1 fully saturated rings. The summed E-state index contributed by atoms with van der Waals surface area (Å²) in [6.45, 7) is 8.29.